The highest BCUT2D eigenvalue weighted by Crippen LogP contribution is 2.42. The van der Waals surface area contributed by atoms with E-state index in [4.69, 9.17) is 14.2 Å². The minimum atomic E-state index is -4.50. The Balaban J connectivity index is 2.21. The minimum Gasteiger partial charge on any atom is -0.465 e. The topological polar surface area (TPSA) is 147 Å². The van der Waals surface area contributed by atoms with Gasteiger partial charge in [-0.2, -0.15) is 8.42 Å². The first-order valence-corrected chi connectivity index (χ1v) is 10.0. The number of carbonyl (C=O) groups excluding carboxylic acids is 1. The third kappa shape index (κ3) is 4.66. The Labute approximate surface area is 176 Å². The highest BCUT2D eigenvalue weighted by molar-refractivity contribution is 7.90. The maximum atomic E-state index is 12.8. The summed E-state index contributed by atoms with van der Waals surface area (Å²) >= 11 is 0. The van der Waals surface area contributed by atoms with Crippen molar-refractivity contribution in [2.75, 3.05) is 28.0 Å². The largest absolute Gasteiger partial charge is 0.465 e. The van der Waals surface area contributed by atoms with Crippen LogP contribution in [0.3, 0.4) is 0 Å². The predicted octanol–water partition coefficient (Wildman–Crippen LogP) is 2.18. The van der Waals surface area contributed by atoms with Crippen LogP contribution in [0.2, 0.25) is 0 Å². The van der Waals surface area contributed by atoms with Gasteiger partial charge in [-0.25, -0.2) is 4.79 Å². The molecule has 0 bridgehead atoms. The van der Waals surface area contributed by atoms with Crippen LogP contribution >= 0.6 is 0 Å². The summed E-state index contributed by atoms with van der Waals surface area (Å²) < 4.78 is 49.8. The number of hydrogen-bond donors (Lipinski definition) is 0. The third-order valence-electron chi connectivity index (χ3n) is 3.91. The molecule has 1 aliphatic heterocycles. The fourth-order valence-corrected chi connectivity index (χ4v) is 3.61. The van der Waals surface area contributed by atoms with Crippen molar-refractivity contribution in [3.05, 3.63) is 46.0 Å². The van der Waals surface area contributed by atoms with Gasteiger partial charge in [0.05, 0.1) is 17.6 Å². The molecule has 2 aromatic rings. The molecule has 1 heterocycles. The molecule has 2 aromatic carbocycles. The van der Waals surface area contributed by atoms with Gasteiger partial charge in [0.1, 0.15) is 17.0 Å². The second kappa shape index (κ2) is 8.47. The van der Waals surface area contributed by atoms with Crippen LogP contribution in [0, 0.1) is 10.1 Å². The molecule has 13 heteroatoms. The maximum Gasteiger partial charge on any atom is 0.338 e. The molecule has 0 spiro atoms. The van der Waals surface area contributed by atoms with Gasteiger partial charge in [-0.05, 0) is 18.2 Å². The Morgan fingerprint density at radius 2 is 1.94 bits per heavy atom. The van der Waals surface area contributed by atoms with Crippen LogP contribution in [-0.2, 0) is 14.8 Å². The molecular weight excluding hydrogens is 434 g/mol. The first-order valence-electron chi connectivity index (χ1n) is 8.57. The Hall–Kier alpha value is -3.87. The molecule has 0 unspecified atom stereocenters. The summed E-state index contributed by atoms with van der Waals surface area (Å²) in [6.07, 6.45) is 0.996. The molecule has 0 atom stereocenters. The lowest BCUT2D eigenvalue weighted by atomic mass is 10.2. The molecule has 1 aliphatic rings. The van der Waals surface area contributed by atoms with Gasteiger partial charge in [0, 0.05) is 26.2 Å². The number of sulfonamides is 1. The lowest BCUT2D eigenvalue weighted by Crippen LogP contribution is -2.12. The number of carbonyl (C=O) groups is 1. The molecule has 31 heavy (non-hydrogen) atoms. The quantitative estimate of drug-likeness (QED) is 0.202. The maximum absolute atomic E-state index is 12.8. The number of nitrogens with zero attached hydrogens (tertiary/aromatic N) is 3. The number of esters is 1. The van der Waals surface area contributed by atoms with E-state index in [1.807, 2.05) is 0 Å². The number of methoxy groups -OCH3 is 1. The van der Waals surface area contributed by atoms with Gasteiger partial charge in [-0.1, -0.05) is 0 Å². The van der Waals surface area contributed by atoms with E-state index in [0.29, 0.717) is 11.5 Å². The Morgan fingerprint density at radius 1 is 1.23 bits per heavy atom. The molecule has 0 amide bonds. The van der Waals surface area contributed by atoms with Gasteiger partial charge in [-0.3, -0.25) is 10.1 Å². The van der Waals surface area contributed by atoms with E-state index >= 15 is 0 Å². The van der Waals surface area contributed by atoms with Crippen molar-refractivity contribution in [3.8, 4) is 23.0 Å². The molecule has 0 aromatic heterocycles. The minimum absolute atomic E-state index is 0.00829. The Morgan fingerprint density at radius 3 is 2.58 bits per heavy atom. The molecular formula is C18H17N3O9S. The number of rotatable bonds is 7. The van der Waals surface area contributed by atoms with Crippen LogP contribution in [0.25, 0.3) is 0 Å². The standard InChI is InChI=1S/C18H17N3O9S/c1-20(2)9-19-31(25,26)16-7-11(18(22)27-3)6-13(21(23)24)17(16)30-12-4-5-14-15(8-12)29-10-28-14/h4-9H,10H2,1-3H3. The summed E-state index contributed by atoms with van der Waals surface area (Å²) in [5.74, 6) is -0.780. The smallest absolute Gasteiger partial charge is 0.338 e. The monoisotopic (exact) mass is 451 g/mol. The number of nitro benzene ring substituents is 1. The highest BCUT2D eigenvalue weighted by Gasteiger charge is 2.31. The Kier molecular flexibility index (Phi) is 5.97. The first kappa shape index (κ1) is 21.8. The molecule has 0 radical (unpaired) electrons. The average molecular weight is 451 g/mol. The van der Waals surface area contributed by atoms with Crippen molar-refractivity contribution in [3.63, 3.8) is 0 Å². The third-order valence-corrected chi connectivity index (χ3v) is 5.14. The zero-order valence-corrected chi connectivity index (χ0v) is 17.4. The summed E-state index contributed by atoms with van der Waals surface area (Å²) in [6, 6.07) is 6.09. The van der Waals surface area contributed by atoms with E-state index in [1.165, 1.54) is 37.2 Å². The van der Waals surface area contributed by atoms with Crippen molar-refractivity contribution in [2.45, 2.75) is 4.90 Å². The zero-order valence-electron chi connectivity index (χ0n) is 16.6. The van der Waals surface area contributed by atoms with Crippen LogP contribution in [0.1, 0.15) is 10.4 Å². The van der Waals surface area contributed by atoms with E-state index in [2.05, 4.69) is 9.13 Å². The van der Waals surface area contributed by atoms with E-state index in [9.17, 15) is 23.3 Å². The molecule has 3 rings (SSSR count). The fraction of sp³-hybridized carbons (Fsp3) is 0.222. The van der Waals surface area contributed by atoms with Crippen LogP contribution in [0.5, 0.6) is 23.0 Å². The SMILES string of the molecule is COC(=O)c1cc([N+](=O)[O-])c(Oc2ccc3c(c2)OCO3)c(S(=O)(=O)N=CN(C)C)c1. The number of benzene rings is 2. The predicted molar refractivity (Wildman–Crippen MR) is 106 cm³/mol. The summed E-state index contributed by atoms with van der Waals surface area (Å²) in [6.45, 7) is -0.00829. The Bertz CT molecular complexity index is 1180. The van der Waals surface area contributed by atoms with Crippen molar-refractivity contribution in [1.82, 2.24) is 4.90 Å². The van der Waals surface area contributed by atoms with Crippen LogP contribution in [0.4, 0.5) is 5.69 Å². The molecule has 0 saturated heterocycles. The van der Waals surface area contributed by atoms with Gasteiger partial charge in [0.2, 0.25) is 12.5 Å². The van der Waals surface area contributed by atoms with Crippen LogP contribution < -0.4 is 14.2 Å². The van der Waals surface area contributed by atoms with Gasteiger partial charge >= 0.3 is 11.7 Å². The lowest BCUT2D eigenvalue weighted by Gasteiger charge is -2.13. The number of nitro groups is 1. The molecule has 164 valence electrons. The van der Waals surface area contributed by atoms with Crippen molar-refractivity contribution >= 4 is 28.0 Å². The molecule has 12 nitrogen and oxygen atoms in total. The summed E-state index contributed by atoms with van der Waals surface area (Å²) in [5, 5.41) is 11.7. The summed E-state index contributed by atoms with van der Waals surface area (Å²) in [4.78, 5) is 23.5. The van der Waals surface area contributed by atoms with Crippen LogP contribution in [-0.4, -0.2) is 58.5 Å². The fourth-order valence-electron chi connectivity index (χ4n) is 2.52. The molecule has 0 aliphatic carbocycles. The second-order valence-corrected chi connectivity index (χ2v) is 7.95. The van der Waals surface area contributed by atoms with Gasteiger partial charge < -0.3 is 23.8 Å². The van der Waals surface area contributed by atoms with E-state index in [-0.39, 0.29) is 18.1 Å². The van der Waals surface area contributed by atoms with Gasteiger partial charge in [-0.15, -0.1) is 4.40 Å². The second-order valence-electron chi connectivity index (χ2n) is 6.35. The number of ether oxygens (including phenoxy) is 4. The number of hydrogen-bond acceptors (Lipinski definition) is 9. The van der Waals surface area contributed by atoms with E-state index in [0.717, 1.165) is 25.6 Å². The van der Waals surface area contributed by atoms with Crippen LogP contribution in [0.15, 0.2) is 39.6 Å². The summed E-state index contributed by atoms with van der Waals surface area (Å²) in [7, 11) is -0.368. The first-order chi connectivity index (χ1) is 14.6. The molecule has 0 N–H and O–H groups in total. The van der Waals surface area contributed by atoms with Crippen molar-refractivity contribution < 1.29 is 37.1 Å². The van der Waals surface area contributed by atoms with Gasteiger partial charge in [0.15, 0.2) is 11.5 Å². The van der Waals surface area contributed by atoms with E-state index in [1.54, 1.807) is 0 Å². The van der Waals surface area contributed by atoms with Gasteiger partial charge in [0.25, 0.3) is 10.0 Å². The zero-order chi connectivity index (χ0) is 22.8. The normalized spacial score (nSPS) is 12.6. The summed E-state index contributed by atoms with van der Waals surface area (Å²) in [5.41, 5.74) is -1.12. The number of fused-ring (bicyclic) bond motifs is 1. The average Bonchev–Trinajstić information content (AvgIpc) is 3.19. The molecule has 0 fully saturated rings. The van der Waals surface area contributed by atoms with Crippen molar-refractivity contribution in [1.29, 1.82) is 0 Å². The van der Waals surface area contributed by atoms with E-state index < -0.39 is 37.2 Å². The lowest BCUT2D eigenvalue weighted by molar-refractivity contribution is -0.385. The van der Waals surface area contributed by atoms with Crippen molar-refractivity contribution in [2.24, 2.45) is 4.40 Å². The highest BCUT2D eigenvalue weighted by atomic mass is 32.2. The molecule has 0 saturated carbocycles.